The van der Waals surface area contributed by atoms with E-state index in [1.54, 1.807) is 18.2 Å². The summed E-state index contributed by atoms with van der Waals surface area (Å²) < 4.78 is 49.5. The standard InChI is InChI=1S/C16H26O4S2/c1-5-6-12-21(17,18)15(13-16(2,3)4)22(19,20)14-10-8-7-9-11-14/h7-11,15H,5-6,12-13H2,1-4H3. The van der Waals surface area contributed by atoms with E-state index in [1.807, 2.05) is 27.7 Å². The van der Waals surface area contributed by atoms with Crippen molar-refractivity contribution in [2.45, 2.75) is 56.4 Å². The second kappa shape index (κ2) is 7.13. The Morgan fingerprint density at radius 1 is 1.00 bits per heavy atom. The van der Waals surface area contributed by atoms with Gasteiger partial charge >= 0.3 is 0 Å². The first-order chi connectivity index (χ1) is 10.0. The Morgan fingerprint density at radius 2 is 1.55 bits per heavy atom. The summed E-state index contributed by atoms with van der Waals surface area (Å²) in [6.45, 7) is 7.46. The number of sulfone groups is 2. The van der Waals surface area contributed by atoms with Gasteiger partial charge in [0.2, 0.25) is 0 Å². The third-order valence-electron chi connectivity index (χ3n) is 3.38. The van der Waals surface area contributed by atoms with Gasteiger partial charge in [0, 0.05) is 0 Å². The summed E-state index contributed by atoms with van der Waals surface area (Å²) in [5.74, 6) is -0.0870. The second-order valence-corrected chi connectivity index (χ2v) is 11.5. The zero-order chi connectivity index (χ0) is 17.0. The van der Waals surface area contributed by atoms with Gasteiger partial charge < -0.3 is 0 Å². The van der Waals surface area contributed by atoms with Crippen LogP contribution in [0.4, 0.5) is 0 Å². The van der Waals surface area contributed by atoms with E-state index in [0.29, 0.717) is 12.8 Å². The molecular formula is C16H26O4S2. The molecular weight excluding hydrogens is 320 g/mol. The van der Waals surface area contributed by atoms with Gasteiger partial charge in [-0.25, -0.2) is 16.8 Å². The average Bonchev–Trinajstić information content (AvgIpc) is 2.42. The highest BCUT2D eigenvalue weighted by Crippen LogP contribution is 2.31. The Kier molecular flexibility index (Phi) is 6.21. The summed E-state index contributed by atoms with van der Waals surface area (Å²) in [4.78, 5) is 0.0734. The Balaban J connectivity index is 3.33. The molecule has 0 aliphatic rings. The molecule has 1 aromatic rings. The molecule has 0 N–H and O–H groups in total. The zero-order valence-electron chi connectivity index (χ0n) is 13.7. The maximum Gasteiger partial charge on any atom is 0.195 e. The molecule has 1 aromatic carbocycles. The largest absolute Gasteiger partial charge is 0.227 e. The van der Waals surface area contributed by atoms with Crippen LogP contribution >= 0.6 is 0 Å². The van der Waals surface area contributed by atoms with Crippen molar-refractivity contribution in [1.82, 2.24) is 0 Å². The molecule has 0 fully saturated rings. The van der Waals surface area contributed by atoms with Crippen molar-refractivity contribution in [2.24, 2.45) is 5.41 Å². The highest BCUT2D eigenvalue weighted by atomic mass is 32.3. The SMILES string of the molecule is CCCCS(=O)(=O)C(CC(C)(C)C)S(=O)(=O)c1ccccc1. The molecule has 0 saturated heterocycles. The summed E-state index contributed by atoms with van der Waals surface area (Å²) >= 11 is 0. The lowest BCUT2D eigenvalue weighted by Gasteiger charge is -2.26. The molecule has 6 heteroatoms. The molecule has 0 aromatic heterocycles. The average molecular weight is 347 g/mol. The van der Waals surface area contributed by atoms with Gasteiger partial charge in [-0.3, -0.25) is 0 Å². The van der Waals surface area contributed by atoms with E-state index >= 15 is 0 Å². The molecule has 1 atom stereocenters. The van der Waals surface area contributed by atoms with E-state index in [-0.39, 0.29) is 17.1 Å². The van der Waals surface area contributed by atoms with Crippen LogP contribution in [0, 0.1) is 5.41 Å². The molecule has 22 heavy (non-hydrogen) atoms. The molecule has 0 bridgehead atoms. The summed E-state index contributed by atoms with van der Waals surface area (Å²) in [6, 6.07) is 7.85. The van der Waals surface area contributed by atoms with E-state index in [9.17, 15) is 16.8 Å². The molecule has 0 saturated carbocycles. The van der Waals surface area contributed by atoms with E-state index in [0.717, 1.165) is 0 Å². The van der Waals surface area contributed by atoms with Gasteiger partial charge in [0.15, 0.2) is 24.3 Å². The molecule has 0 spiro atoms. The number of hydrogen-bond donors (Lipinski definition) is 0. The van der Waals surface area contributed by atoms with Gasteiger partial charge in [-0.1, -0.05) is 52.3 Å². The second-order valence-electron chi connectivity index (χ2n) is 6.77. The van der Waals surface area contributed by atoms with Crippen LogP contribution in [-0.2, 0) is 19.7 Å². The van der Waals surface area contributed by atoms with Crippen LogP contribution in [0.1, 0.15) is 47.0 Å². The van der Waals surface area contributed by atoms with E-state index < -0.39 is 29.7 Å². The normalized spacial score (nSPS) is 14.7. The van der Waals surface area contributed by atoms with Crippen LogP contribution in [0.3, 0.4) is 0 Å². The van der Waals surface area contributed by atoms with Crippen molar-refractivity contribution in [1.29, 1.82) is 0 Å². The molecule has 0 radical (unpaired) electrons. The molecule has 1 rings (SSSR count). The zero-order valence-corrected chi connectivity index (χ0v) is 15.4. The van der Waals surface area contributed by atoms with Crippen LogP contribution in [0.15, 0.2) is 35.2 Å². The lowest BCUT2D eigenvalue weighted by atomic mass is 9.93. The van der Waals surface area contributed by atoms with E-state index in [2.05, 4.69) is 0 Å². The number of unbranched alkanes of at least 4 members (excludes halogenated alkanes) is 1. The van der Waals surface area contributed by atoms with Gasteiger partial charge in [0.1, 0.15) is 0 Å². The summed E-state index contributed by atoms with van der Waals surface area (Å²) in [5.41, 5.74) is -0.397. The van der Waals surface area contributed by atoms with Gasteiger partial charge in [-0.05, 0) is 30.4 Å². The maximum atomic E-state index is 12.8. The van der Waals surface area contributed by atoms with Crippen molar-refractivity contribution in [3.05, 3.63) is 30.3 Å². The highest BCUT2D eigenvalue weighted by Gasteiger charge is 2.40. The number of rotatable bonds is 7. The molecule has 1 unspecified atom stereocenters. The summed E-state index contributed by atoms with van der Waals surface area (Å²) in [5, 5.41) is 0. The lowest BCUT2D eigenvalue weighted by molar-refractivity contribution is 0.384. The molecule has 0 heterocycles. The Morgan fingerprint density at radius 3 is 2.00 bits per heavy atom. The van der Waals surface area contributed by atoms with E-state index in [1.165, 1.54) is 12.1 Å². The van der Waals surface area contributed by atoms with Crippen LogP contribution in [0.25, 0.3) is 0 Å². The minimum absolute atomic E-state index is 0.0734. The van der Waals surface area contributed by atoms with Gasteiger partial charge in [0.25, 0.3) is 0 Å². The Bertz CT molecular complexity index is 669. The first-order valence-corrected chi connectivity index (χ1v) is 10.8. The lowest BCUT2D eigenvalue weighted by Crippen LogP contribution is -2.36. The summed E-state index contributed by atoms with van der Waals surface area (Å²) in [6.07, 6.45) is 1.29. The first kappa shape index (κ1) is 19.2. The fourth-order valence-corrected chi connectivity index (χ4v) is 7.60. The Labute approximate surface area is 134 Å². The van der Waals surface area contributed by atoms with Crippen LogP contribution in [0.2, 0.25) is 0 Å². The molecule has 126 valence electrons. The fraction of sp³-hybridized carbons (Fsp3) is 0.625. The Hall–Kier alpha value is -0.880. The first-order valence-electron chi connectivity index (χ1n) is 7.51. The topological polar surface area (TPSA) is 68.3 Å². The van der Waals surface area contributed by atoms with Gasteiger partial charge in [-0.2, -0.15) is 0 Å². The number of hydrogen-bond acceptors (Lipinski definition) is 4. The van der Waals surface area contributed by atoms with Crippen LogP contribution in [-0.4, -0.2) is 27.2 Å². The monoisotopic (exact) mass is 346 g/mol. The van der Waals surface area contributed by atoms with Crippen LogP contribution < -0.4 is 0 Å². The third kappa shape index (κ3) is 5.09. The van der Waals surface area contributed by atoms with Crippen molar-refractivity contribution < 1.29 is 16.8 Å². The van der Waals surface area contributed by atoms with Crippen molar-refractivity contribution in [3.8, 4) is 0 Å². The van der Waals surface area contributed by atoms with E-state index in [4.69, 9.17) is 0 Å². The fourth-order valence-electron chi connectivity index (χ4n) is 2.17. The molecule has 0 amide bonds. The summed E-state index contributed by atoms with van der Waals surface area (Å²) in [7, 11) is -7.62. The van der Waals surface area contributed by atoms with Crippen molar-refractivity contribution in [2.75, 3.05) is 5.75 Å². The van der Waals surface area contributed by atoms with Crippen molar-refractivity contribution >= 4 is 19.7 Å². The predicted molar refractivity (Wildman–Crippen MR) is 90.2 cm³/mol. The third-order valence-corrected chi connectivity index (χ3v) is 8.63. The maximum absolute atomic E-state index is 12.8. The minimum Gasteiger partial charge on any atom is -0.227 e. The number of benzene rings is 1. The van der Waals surface area contributed by atoms with Crippen molar-refractivity contribution in [3.63, 3.8) is 0 Å². The minimum atomic E-state index is -3.91. The highest BCUT2D eigenvalue weighted by molar-refractivity contribution is 8.09. The molecule has 0 aliphatic heterocycles. The smallest absolute Gasteiger partial charge is 0.195 e. The predicted octanol–water partition coefficient (Wildman–Crippen LogP) is 3.44. The van der Waals surface area contributed by atoms with Gasteiger partial charge in [-0.15, -0.1) is 0 Å². The molecule has 4 nitrogen and oxygen atoms in total. The quantitative estimate of drug-likeness (QED) is 0.758. The van der Waals surface area contributed by atoms with Gasteiger partial charge in [0.05, 0.1) is 10.6 Å². The van der Waals surface area contributed by atoms with Crippen LogP contribution in [0.5, 0.6) is 0 Å². The molecule has 0 aliphatic carbocycles.